The van der Waals surface area contributed by atoms with Crippen LogP contribution in [0.4, 0.5) is 0 Å². The Morgan fingerprint density at radius 1 is 1.64 bits per heavy atom. The van der Waals surface area contributed by atoms with Crippen LogP contribution in [0.3, 0.4) is 0 Å². The molecule has 0 spiro atoms. The average Bonchev–Trinajstić information content (AvgIpc) is 2.31. The molecule has 0 aromatic carbocycles. The van der Waals surface area contributed by atoms with E-state index in [0.29, 0.717) is 6.04 Å². The third-order valence-corrected chi connectivity index (χ3v) is 1.36. The van der Waals surface area contributed by atoms with Gasteiger partial charge in [-0.05, 0) is 6.92 Å². The predicted molar refractivity (Wildman–Crippen MR) is 43.2 cm³/mol. The van der Waals surface area contributed by atoms with E-state index in [0.717, 1.165) is 18.0 Å². The molecule has 0 aliphatic carbocycles. The third-order valence-electron chi connectivity index (χ3n) is 1.36. The number of aryl methyl sites for hydroxylation is 1. The van der Waals surface area contributed by atoms with Crippen molar-refractivity contribution in [3.63, 3.8) is 0 Å². The van der Waals surface area contributed by atoms with Gasteiger partial charge < -0.3 is 9.84 Å². The minimum Gasteiger partial charge on any atom is -0.360 e. The second kappa shape index (κ2) is 3.53. The first-order valence-corrected chi connectivity index (χ1v) is 3.84. The van der Waals surface area contributed by atoms with Crippen LogP contribution in [0.5, 0.6) is 0 Å². The minimum absolute atomic E-state index is 0.486. The van der Waals surface area contributed by atoms with Crippen molar-refractivity contribution >= 4 is 0 Å². The Hall–Kier alpha value is -0.830. The molecule has 0 aliphatic heterocycles. The van der Waals surface area contributed by atoms with Crippen molar-refractivity contribution < 1.29 is 4.52 Å². The molecular formula is C8H14N2O. The SMILES string of the molecule is Cc1cc(CNC(C)C)on1. The normalized spacial score (nSPS) is 10.9. The van der Waals surface area contributed by atoms with E-state index in [-0.39, 0.29) is 0 Å². The number of nitrogens with zero attached hydrogens (tertiary/aromatic N) is 1. The molecule has 0 saturated heterocycles. The lowest BCUT2D eigenvalue weighted by Crippen LogP contribution is -2.21. The van der Waals surface area contributed by atoms with Crippen LogP contribution < -0.4 is 5.32 Å². The Bertz CT molecular complexity index is 218. The van der Waals surface area contributed by atoms with Gasteiger partial charge in [0, 0.05) is 12.1 Å². The molecule has 0 radical (unpaired) electrons. The Morgan fingerprint density at radius 3 is 2.82 bits per heavy atom. The topological polar surface area (TPSA) is 38.1 Å². The first kappa shape index (κ1) is 8.27. The van der Waals surface area contributed by atoms with Crippen molar-refractivity contribution in [2.24, 2.45) is 0 Å². The average molecular weight is 154 g/mol. The van der Waals surface area contributed by atoms with Gasteiger partial charge in [-0.15, -0.1) is 0 Å². The molecule has 3 heteroatoms. The molecule has 0 saturated carbocycles. The summed E-state index contributed by atoms with van der Waals surface area (Å²) in [6, 6.07) is 2.43. The number of rotatable bonds is 3. The van der Waals surface area contributed by atoms with Crippen molar-refractivity contribution in [2.45, 2.75) is 33.4 Å². The van der Waals surface area contributed by atoms with Crippen molar-refractivity contribution in [2.75, 3.05) is 0 Å². The van der Waals surface area contributed by atoms with Crippen molar-refractivity contribution in [1.29, 1.82) is 0 Å². The Balaban J connectivity index is 2.39. The van der Waals surface area contributed by atoms with Crippen LogP contribution >= 0.6 is 0 Å². The van der Waals surface area contributed by atoms with Crippen molar-refractivity contribution in [3.05, 3.63) is 17.5 Å². The molecular weight excluding hydrogens is 140 g/mol. The van der Waals surface area contributed by atoms with Gasteiger partial charge in [0.1, 0.15) is 0 Å². The fraction of sp³-hybridized carbons (Fsp3) is 0.625. The lowest BCUT2D eigenvalue weighted by Gasteiger charge is -2.03. The van der Waals surface area contributed by atoms with Crippen LogP contribution in [-0.4, -0.2) is 11.2 Å². The van der Waals surface area contributed by atoms with E-state index >= 15 is 0 Å². The molecule has 1 aromatic rings. The van der Waals surface area contributed by atoms with E-state index in [1.807, 2.05) is 13.0 Å². The summed E-state index contributed by atoms with van der Waals surface area (Å²) in [6.07, 6.45) is 0. The summed E-state index contributed by atoms with van der Waals surface area (Å²) in [4.78, 5) is 0. The molecule has 62 valence electrons. The zero-order valence-corrected chi connectivity index (χ0v) is 7.22. The van der Waals surface area contributed by atoms with E-state index in [1.165, 1.54) is 0 Å². The molecule has 1 heterocycles. The molecule has 3 nitrogen and oxygen atoms in total. The second-order valence-corrected chi connectivity index (χ2v) is 2.97. The zero-order chi connectivity index (χ0) is 8.27. The van der Waals surface area contributed by atoms with Gasteiger partial charge in [-0.1, -0.05) is 19.0 Å². The highest BCUT2D eigenvalue weighted by atomic mass is 16.5. The Labute approximate surface area is 66.8 Å². The highest BCUT2D eigenvalue weighted by molar-refractivity contribution is 5.02. The standard InChI is InChI=1S/C8H14N2O/c1-6(2)9-5-8-4-7(3)10-11-8/h4,6,9H,5H2,1-3H3. The van der Waals surface area contributed by atoms with Crippen LogP contribution in [0.25, 0.3) is 0 Å². The highest BCUT2D eigenvalue weighted by Crippen LogP contribution is 2.01. The second-order valence-electron chi connectivity index (χ2n) is 2.97. The zero-order valence-electron chi connectivity index (χ0n) is 7.22. The third kappa shape index (κ3) is 2.72. The monoisotopic (exact) mass is 154 g/mol. The van der Waals surface area contributed by atoms with Crippen LogP contribution in [0.2, 0.25) is 0 Å². The van der Waals surface area contributed by atoms with Gasteiger partial charge in [-0.3, -0.25) is 0 Å². The van der Waals surface area contributed by atoms with Crippen molar-refractivity contribution in [3.8, 4) is 0 Å². The van der Waals surface area contributed by atoms with Gasteiger partial charge in [-0.2, -0.15) is 0 Å². The number of aromatic nitrogens is 1. The maximum absolute atomic E-state index is 5.00. The fourth-order valence-electron chi connectivity index (χ4n) is 0.804. The van der Waals surface area contributed by atoms with E-state index in [2.05, 4.69) is 24.3 Å². The number of hydrogen-bond donors (Lipinski definition) is 1. The van der Waals surface area contributed by atoms with Gasteiger partial charge in [0.25, 0.3) is 0 Å². The Morgan fingerprint density at radius 2 is 2.36 bits per heavy atom. The molecule has 0 bridgehead atoms. The lowest BCUT2D eigenvalue weighted by molar-refractivity contribution is 0.364. The van der Waals surface area contributed by atoms with Gasteiger partial charge in [0.2, 0.25) is 0 Å². The maximum Gasteiger partial charge on any atom is 0.150 e. The van der Waals surface area contributed by atoms with E-state index in [4.69, 9.17) is 4.52 Å². The summed E-state index contributed by atoms with van der Waals surface area (Å²) in [6.45, 7) is 6.88. The summed E-state index contributed by atoms with van der Waals surface area (Å²) >= 11 is 0. The molecule has 1 N–H and O–H groups in total. The quantitative estimate of drug-likeness (QED) is 0.716. The first-order chi connectivity index (χ1) is 5.18. The van der Waals surface area contributed by atoms with Crippen LogP contribution in [0.1, 0.15) is 25.3 Å². The van der Waals surface area contributed by atoms with Gasteiger partial charge in [-0.25, -0.2) is 0 Å². The lowest BCUT2D eigenvalue weighted by atomic mass is 10.3. The van der Waals surface area contributed by atoms with Crippen LogP contribution in [0, 0.1) is 6.92 Å². The maximum atomic E-state index is 5.00. The van der Waals surface area contributed by atoms with Gasteiger partial charge in [0.15, 0.2) is 5.76 Å². The Kier molecular flexibility index (Phi) is 2.65. The number of hydrogen-bond acceptors (Lipinski definition) is 3. The molecule has 1 rings (SSSR count). The first-order valence-electron chi connectivity index (χ1n) is 3.84. The van der Waals surface area contributed by atoms with Gasteiger partial charge in [0.05, 0.1) is 12.2 Å². The summed E-state index contributed by atoms with van der Waals surface area (Å²) in [5.41, 5.74) is 0.936. The summed E-state index contributed by atoms with van der Waals surface area (Å²) in [7, 11) is 0. The summed E-state index contributed by atoms with van der Waals surface area (Å²) < 4.78 is 5.00. The highest BCUT2D eigenvalue weighted by Gasteiger charge is 1.99. The molecule has 11 heavy (non-hydrogen) atoms. The van der Waals surface area contributed by atoms with Crippen LogP contribution in [-0.2, 0) is 6.54 Å². The van der Waals surface area contributed by atoms with E-state index in [9.17, 15) is 0 Å². The summed E-state index contributed by atoms with van der Waals surface area (Å²) in [5, 5.41) is 7.02. The molecule has 0 unspecified atom stereocenters. The molecule has 1 aromatic heterocycles. The van der Waals surface area contributed by atoms with E-state index in [1.54, 1.807) is 0 Å². The van der Waals surface area contributed by atoms with Crippen LogP contribution in [0.15, 0.2) is 10.6 Å². The van der Waals surface area contributed by atoms with E-state index < -0.39 is 0 Å². The minimum atomic E-state index is 0.486. The predicted octanol–water partition coefficient (Wildman–Crippen LogP) is 1.48. The van der Waals surface area contributed by atoms with Crippen molar-refractivity contribution in [1.82, 2.24) is 10.5 Å². The largest absolute Gasteiger partial charge is 0.360 e. The number of nitrogens with one attached hydrogen (secondary N) is 1. The molecule has 0 fully saturated rings. The molecule has 0 atom stereocenters. The molecule has 0 amide bonds. The summed E-state index contributed by atoms with van der Waals surface area (Å²) in [5.74, 6) is 0.899. The smallest absolute Gasteiger partial charge is 0.150 e. The fourth-order valence-corrected chi connectivity index (χ4v) is 0.804. The van der Waals surface area contributed by atoms with Gasteiger partial charge >= 0.3 is 0 Å². The molecule has 0 aliphatic rings.